The lowest BCUT2D eigenvalue weighted by molar-refractivity contribution is -0.119. The zero-order valence-electron chi connectivity index (χ0n) is 8.92. The topological polar surface area (TPSA) is 41.1 Å². The van der Waals surface area contributed by atoms with Gasteiger partial charge in [0.1, 0.15) is 5.82 Å². The molecule has 2 N–H and O–H groups in total. The molecule has 0 aliphatic carbocycles. The highest BCUT2D eigenvalue weighted by atomic mass is 35.5. The van der Waals surface area contributed by atoms with E-state index in [0.29, 0.717) is 0 Å². The van der Waals surface area contributed by atoms with Crippen LogP contribution in [0.3, 0.4) is 0 Å². The van der Waals surface area contributed by atoms with Gasteiger partial charge in [-0.3, -0.25) is 4.79 Å². The fourth-order valence-electron chi connectivity index (χ4n) is 1.47. The van der Waals surface area contributed by atoms with E-state index in [9.17, 15) is 9.18 Å². The van der Waals surface area contributed by atoms with Gasteiger partial charge in [-0.1, -0.05) is 6.07 Å². The van der Waals surface area contributed by atoms with Crippen molar-refractivity contribution < 1.29 is 9.18 Å². The summed E-state index contributed by atoms with van der Waals surface area (Å²) in [6, 6.07) is 4.50. The summed E-state index contributed by atoms with van der Waals surface area (Å²) in [7, 11) is 0. The van der Waals surface area contributed by atoms with Crippen LogP contribution in [0, 0.1) is 12.7 Å². The molecule has 5 heteroatoms. The standard InChI is InChI=1S/C11H13FN2O.ClH/c1-7-2-3-8(12)10(6-7)14-11(15)9-4-5-13-9;/h2-3,6,9,13H,4-5H2,1H3,(H,14,15);1H/t9-;/m1./s1. The van der Waals surface area contributed by atoms with Crippen molar-refractivity contribution in [3.05, 3.63) is 29.6 Å². The average molecular weight is 245 g/mol. The van der Waals surface area contributed by atoms with E-state index < -0.39 is 5.82 Å². The van der Waals surface area contributed by atoms with Gasteiger partial charge in [0.2, 0.25) is 5.91 Å². The largest absolute Gasteiger partial charge is 0.322 e. The minimum Gasteiger partial charge on any atom is -0.322 e. The number of amides is 1. The first kappa shape index (κ1) is 12.9. The second-order valence-electron chi connectivity index (χ2n) is 3.77. The van der Waals surface area contributed by atoms with Crippen molar-refractivity contribution in [1.82, 2.24) is 5.32 Å². The highest BCUT2D eigenvalue weighted by Gasteiger charge is 2.24. The summed E-state index contributed by atoms with van der Waals surface area (Å²) in [6.07, 6.45) is 0.819. The second kappa shape index (κ2) is 5.27. The number of rotatable bonds is 2. The first-order chi connectivity index (χ1) is 7.16. The first-order valence-electron chi connectivity index (χ1n) is 4.97. The van der Waals surface area contributed by atoms with Crippen LogP contribution in [0.4, 0.5) is 10.1 Å². The van der Waals surface area contributed by atoms with Crippen LogP contribution in [0.15, 0.2) is 18.2 Å². The van der Waals surface area contributed by atoms with Gasteiger partial charge in [0.25, 0.3) is 0 Å². The van der Waals surface area contributed by atoms with Crippen LogP contribution in [0.2, 0.25) is 0 Å². The molecule has 3 nitrogen and oxygen atoms in total. The summed E-state index contributed by atoms with van der Waals surface area (Å²) < 4.78 is 13.3. The Kier molecular flexibility index (Phi) is 4.26. The zero-order valence-corrected chi connectivity index (χ0v) is 9.73. The van der Waals surface area contributed by atoms with Crippen molar-refractivity contribution in [2.24, 2.45) is 0 Å². The molecule has 16 heavy (non-hydrogen) atoms. The molecule has 0 bridgehead atoms. The van der Waals surface area contributed by atoms with Crippen LogP contribution in [-0.2, 0) is 4.79 Å². The fraction of sp³-hybridized carbons (Fsp3) is 0.364. The van der Waals surface area contributed by atoms with Crippen molar-refractivity contribution in [3.63, 3.8) is 0 Å². The third-order valence-corrected chi connectivity index (χ3v) is 2.52. The Morgan fingerprint density at radius 3 is 2.81 bits per heavy atom. The van der Waals surface area contributed by atoms with Crippen LogP contribution in [0.25, 0.3) is 0 Å². The molecule has 0 saturated carbocycles. The van der Waals surface area contributed by atoms with Gasteiger partial charge in [-0.05, 0) is 37.6 Å². The van der Waals surface area contributed by atoms with Gasteiger partial charge in [0.15, 0.2) is 0 Å². The van der Waals surface area contributed by atoms with Crippen LogP contribution >= 0.6 is 12.4 Å². The van der Waals surface area contributed by atoms with Crippen molar-refractivity contribution in [3.8, 4) is 0 Å². The van der Waals surface area contributed by atoms with Gasteiger partial charge in [-0.2, -0.15) is 0 Å². The number of nitrogens with one attached hydrogen (secondary N) is 2. The minimum atomic E-state index is -0.395. The normalized spacial score (nSPS) is 18.2. The number of carbonyl (C=O) groups excluding carboxylic acids is 1. The molecular weight excluding hydrogens is 231 g/mol. The second-order valence-corrected chi connectivity index (χ2v) is 3.77. The molecule has 2 rings (SSSR count). The fourth-order valence-corrected chi connectivity index (χ4v) is 1.47. The Bertz CT molecular complexity index is 394. The van der Waals surface area contributed by atoms with Crippen LogP contribution in [0.5, 0.6) is 0 Å². The van der Waals surface area contributed by atoms with Gasteiger partial charge in [-0.25, -0.2) is 4.39 Å². The molecular formula is C11H14ClFN2O. The third-order valence-electron chi connectivity index (χ3n) is 2.52. The monoisotopic (exact) mass is 244 g/mol. The SMILES string of the molecule is Cc1ccc(F)c(NC(=O)[C@H]2CCN2)c1.Cl. The molecule has 0 radical (unpaired) electrons. The minimum absolute atomic E-state index is 0. The van der Waals surface area contributed by atoms with Gasteiger partial charge >= 0.3 is 0 Å². The first-order valence-corrected chi connectivity index (χ1v) is 4.97. The maximum absolute atomic E-state index is 13.3. The van der Waals surface area contributed by atoms with Gasteiger partial charge < -0.3 is 10.6 Å². The lowest BCUT2D eigenvalue weighted by atomic mass is 10.1. The van der Waals surface area contributed by atoms with Crippen molar-refractivity contribution in [2.75, 3.05) is 11.9 Å². The molecule has 0 spiro atoms. The molecule has 1 aromatic rings. The zero-order chi connectivity index (χ0) is 10.8. The van der Waals surface area contributed by atoms with Crippen LogP contribution in [0.1, 0.15) is 12.0 Å². The summed E-state index contributed by atoms with van der Waals surface area (Å²) >= 11 is 0. The van der Waals surface area contributed by atoms with E-state index in [4.69, 9.17) is 0 Å². The summed E-state index contributed by atoms with van der Waals surface area (Å²) in [5, 5.41) is 5.54. The van der Waals surface area contributed by atoms with Crippen molar-refractivity contribution in [2.45, 2.75) is 19.4 Å². The molecule has 1 saturated heterocycles. The van der Waals surface area contributed by atoms with E-state index in [1.807, 2.05) is 6.92 Å². The molecule has 1 aromatic carbocycles. The number of aryl methyl sites for hydroxylation is 1. The van der Waals surface area contributed by atoms with Crippen molar-refractivity contribution >= 4 is 24.0 Å². The average Bonchev–Trinajstić information content (AvgIpc) is 2.08. The molecule has 1 fully saturated rings. The van der Waals surface area contributed by atoms with Gasteiger partial charge in [-0.15, -0.1) is 12.4 Å². The molecule has 1 aliphatic rings. The molecule has 1 aliphatic heterocycles. The molecule has 1 amide bonds. The number of hydrogen-bond acceptors (Lipinski definition) is 2. The van der Waals surface area contributed by atoms with Crippen LogP contribution < -0.4 is 10.6 Å². The quantitative estimate of drug-likeness (QED) is 0.834. The lowest BCUT2D eigenvalue weighted by Gasteiger charge is -2.26. The highest BCUT2D eigenvalue weighted by molar-refractivity contribution is 5.95. The predicted octanol–water partition coefficient (Wildman–Crippen LogP) is 1.86. The Labute approximate surface area is 99.8 Å². The molecule has 88 valence electrons. The molecule has 0 unspecified atom stereocenters. The number of halogens is 2. The van der Waals surface area contributed by atoms with E-state index >= 15 is 0 Å². The summed E-state index contributed by atoms with van der Waals surface area (Å²) in [4.78, 5) is 11.5. The summed E-state index contributed by atoms with van der Waals surface area (Å²) in [5.74, 6) is -0.556. The van der Waals surface area contributed by atoms with E-state index in [1.165, 1.54) is 6.07 Å². The van der Waals surface area contributed by atoms with E-state index in [1.54, 1.807) is 12.1 Å². The van der Waals surface area contributed by atoms with E-state index in [0.717, 1.165) is 18.5 Å². The molecule has 1 atom stereocenters. The maximum Gasteiger partial charge on any atom is 0.241 e. The van der Waals surface area contributed by atoms with Crippen molar-refractivity contribution in [1.29, 1.82) is 0 Å². The Morgan fingerprint density at radius 2 is 2.25 bits per heavy atom. The molecule has 0 aromatic heterocycles. The summed E-state index contributed by atoms with van der Waals surface area (Å²) in [6.45, 7) is 2.71. The number of hydrogen-bond donors (Lipinski definition) is 2. The number of anilines is 1. The third kappa shape index (κ3) is 2.71. The van der Waals surface area contributed by atoms with Crippen LogP contribution in [-0.4, -0.2) is 18.5 Å². The lowest BCUT2D eigenvalue weighted by Crippen LogP contribution is -2.50. The predicted molar refractivity (Wildman–Crippen MR) is 63.4 cm³/mol. The van der Waals surface area contributed by atoms with E-state index in [-0.39, 0.29) is 30.0 Å². The Balaban J connectivity index is 0.00000128. The number of carbonyl (C=O) groups is 1. The Hall–Kier alpha value is -1.13. The molecule has 1 heterocycles. The highest BCUT2D eigenvalue weighted by Crippen LogP contribution is 2.16. The van der Waals surface area contributed by atoms with E-state index in [2.05, 4.69) is 10.6 Å². The summed E-state index contributed by atoms with van der Waals surface area (Å²) in [5.41, 5.74) is 1.18. The van der Waals surface area contributed by atoms with Gasteiger partial charge in [0.05, 0.1) is 11.7 Å². The maximum atomic E-state index is 13.3. The number of benzene rings is 1. The smallest absolute Gasteiger partial charge is 0.241 e. The van der Waals surface area contributed by atoms with Gasteiger partial charge in [0, 0.05) is 0 Å². The Morgan fingerprint density at radius 1 is 1.56 bits per heavy atom.